The molecule has 1 aromatic carbocycles. The lowest BCUT2D eigenvalue weighted by Crippen LogP contribution is -1.97. The molecule has 2 nitrogen and oxygen atoms in total. The van der Waals surface area contributed by atoms with Gasteiger partial charge in [0.15, 0.2) is 5.05 Å². The van der Waals surface area contributed by atoms with Gasteiger partial charge < -0.3 is 9.84 Å². The summed E-state index contributed by atoms with van der Waals surface area (Å²) in [6, 6.07) is 7.91. The summed E-state index contributed by atoms with van der Waals surface area (Å²) in [5, 5.41) is 9.41. The van der Waals surface area contributed by atoms with E-state index >= 15 is 0 Å². The van der Waals surface area contributed by atoms with Crippen LogP contribution in [0.2, 0.25) is 0 Å². The van der Waals surface area contributed by atoms with Gasteiger partial charge in [0.05, 0.1) is 11.5 Å². The first kappa shape index (κ1) is 12.1. The van der Waals surface area contributed by atoms with Crippen molar-refractivity contribution in [1.82, 2.24) is 0 Å². The molecule has 0 bridgehead atoms. The average molecular weight is 341 g/mol. The topological polar surface area (TPSA) is 29.5 Å². The number of rotatable bonds is 1. The standard InChI is InChI=1S/C13H9BrO2S2/c14-7-1-2-10-8(5-7)9-6-12(13(15)17)18-11(9)3-4-16-10/h1-2,5-6H,3-4H2,(H,15,17). The fraction of sp³-hybridized carbons (Fsp3) is 0.154. The third kappa shape index (κ3) is 2.06. The number of benzene rings is 1. The first-order chi connectivity index (χ1) is 8.65. The fourth-order valence-corrected chi connectivity index (χ4v) is 3.58. The van der Waals surface area contributed by atoms with E-state index in [0.717, 1.165) is 32.6 Å². The zero-order valence-electron chi connectivity index (χ0n) is 9.27. The summed E-state index contributed by atoms with van der Waals surface area (Å²) < 4.78 is 6.75. The Morgan fingerprint density at radius 2 is 2.17 bits per heavy atom. The zero-order chi connectivity index (χ0) is 12.7. The first-order valence-electron chi connectivity index (χ1n) is 5.44. The van der Waals surface area contributed by atoms with E-state index in [1.165, 1.54) is 16.2 Å². The second-order valence-electron chi connectivity index (χ2n) is 3.99. The highest BCUT2D eigenvalue weighted by molar-refractivity contribution is 9.10. The van der Waals surface area contributed by atoms with Crippen LogP contribution in [-0.2, 0) is 6.42 Å². The molecule has 1 aliphatic heterocycles. The minimum atomic E-state index is -0.0365. The number of hydrogen-bond donors (Lipinski definition) is 1. The largest absolute Gasteiger partial charge is 0.498 e. The molecule has 0 atom stereocenters. The minimum absolute atomic E-state index is 0.0365. The van der Waals surface area contributed by atoms with E-state index in [9.17, 15) is 5.11 Å². The number of hydrogen-bond acceptors (Lipinski definition) is 3. The molecule has 2 aromatic rings. The van der Waals surface area contributed by atoms with Crippen LogP contribution < -0.4 is 4.74 Å². The fourth-order valence-electron chi connectivity index (χ4n) is 2.04. The van der Waals surface area contributed by atoms with Crippen molar-refractivity contribution in [3.63, 3.8) is 0 Å². The normalized spacial score (nSPS) is 13.2. The molecule has 1 aliphatic rings. The van der Waals surface area contributed by atoms with Crippen LogP contribution in [0, 0.1) is 0 Å². The molecule has 0 unspecified atom stereocenters. The molecular formula is C13H9BrO2S2. The summed E-state index contributed by atoms with van der Waals surface area (Å²) in [6.07, 6.45) is 0.842. The average Bonchev–Trinajstić information content (AvgIpc) is 2.68. The van der Waals surface area contributed by atoms with Crippen LogP contribution in [-0.4, -0.2) is 16.8 Å². The highest BCUT2D eigenvalue weighted by Crippen LogP contribution is 2.40. The van der Waals surface area contributed by atoms with Gasteiger partial charge in [-0.2, -0.15) is 0 Å². The second kappa shape index (κ2) is 4.64. The van der Waals surface area contributed by atoms with E-state index in [1.54, 1.807) is 0 Å². The van der Waals surface area contributed by atoms with Crippen LogP contribution in [0.25, 0.3) is 11.1 Å². The minimum Gasteiger partial charge on any atom is -0.498 e. The highest BCUT2D eigenvalue weighted by Gasteiger charge is 2.19. The summed E-state index contributed by atoms with van der Waals surface area (Å²) in [5.74, 6) is 0.880. The Morgan fingerprint density at radius 1 is 1.33 bits per heavy atom. The summed E-state index contributed by atoms with van der Waals surface area (Å²) >= 11 is 9.85. The van der Waals surface area contributed by atoms with Gasteiger partial charge in [0.25, 0.3) is 0 Å². The van der Waals surface area contributed by atoms with Gasteiger partial charge in [-0.05, 0) is 36.5 Å². The second-order valence-corrected chi connectivity index (χ2v) is 6.43. The lowest BCUT2D eigenvalue weighted by Gasteiger charge is -2.07. The molecule has 2 heterocycles. The summed E-state index contributed by atoms with van der Waals surface area (Å²) in [5.41, 5.74) is 2.16. The van der Waals surface area contributed by atoms with Crippen LogP contribution in [0.1, 0.15) is 9.75 Å². The Balaban J connectivity index is 2.22. The SMILES string of the molecule is OC(=S)c1cc2c(s1)CCOc1ccc(Br)cc1-2. The molecule has 92 valence electrons. The molecule has 3 rings (SSSR count). The third-order valence-electron chi connectivity index (χ3n) is 2.84. The molecule has 5 heteroatoms. The number of halogens is 1. The van der Waals surface area contributed by atoms with E-state index < -0.39 is 0 Å². The van der Waals surface area contributed by atoms with E-state index in [1.807, 2.05) is 24.3 Å². The molecule has 0 aliphatic carbocycles. The molecule has 0 amide bonds. The van der Waals surface area contributed by atoms with Crippen LogP contribution >= 0.6 is 39.5 Å². The van der Waals surface area contributed by atoms with Crippen molar-refractivity contribution in [3.05, 3.63) is 38.5 Å². The van der Waals surface area contributed by atoms with Crippen LogP contribution in [0.3, 0.4) is 0 Å². The lowest BCUT2D eigenvalue weighted by atomic mass is 10.0. The molecule has 0 radical (unpaired) electrons. The van der Waals surface area contributed by atoms with Gasteiger partial charge in [-0.3, -0.25) is 0 Å². The van der Waals surface area contributed by atoms with E-state index in [4.69, 9.17) is 17.0 Å². The zero-order valence-corrected chi connectivity index (χ0v) is 12.5. The van der Waals surface area contributed by atoms with Crippen LogP contribution in [0.5, 0.6) is 5.75 Å². The van der Waals surface area contributed by atoms with Crippen molar-refractivity contribution in [1.29, 1.82) is 0 Å². The van der Waals surface area contributed by atoms with Gasteiger partial charge >= 0.3 is 0 Å². The Kier molecular flexibility index (Phi) is 3.13. The lowest BCUT2D eigenvalue weighted by molar-refractivity contribution is 0.327. The summed E-state index contributed by atoms with van der Waals surface area (Å²) in [7, 11) is 0. The smallest absolute Gasteiger partial charge is 0.198 e. The molecule has 18 heavy (non-hydrogen) atoms. The van der Waals surface area contributed by atoms with Gasteiger partial charge in [0.2, 0.25) is 0 Å². The highest BCUT2D eigenvalue weighted by atomic mass is 79.9. The van der Waals surface area contributed by atoms with E-state index in [0.29, 0.717) is 6.61 Å². The van der Waals surface area contributed by atoms with Crippen molar-refractivity contribution in [2.45, 2.75) is 6.42 Å². The maximum atomic E-state index is 9.45. The van der Waals surface area contributed by atoms with E-state index in [2.05, 4.69) is 15.9 Å². The summed E-state index contributed by atoms with van der Waals surface area (Å²) in [4.78, 5) is 1.96. The first-order valence-corrected chi connectivity index (χ1v) is 7.45. The number of thiocarbonyl (C=S) groups is 1. The Labute approximate surface area is 122 Å². The predicted molar refractivity (Wildman–Crippen MR) is 81.0 cm³/mol. The molecule has 1 aromatic heterocycles. The Hall–Kier alpha value is -0.910. The quantitative estimate of drug-likeness (QED) is 0.782. The molecular weight excluding hydrogens is 332 g/mol. The number of aliphatic hydroxyl groups excluding tert-OH is 1. The van der Waals surface area contributed by atoms with E-state index in [-0.39, 0.29) is 5.05 Å². The number of aliphatic hydroxyl groups is 1. The predicted octanol–water partition coefficient (Wildman–Crippen LogP) is 4.35. The number of fused-ring (bicyclic) bond motifs is 3. The maximum absolute atomic E-state index is 9.45. The molecule has 0 fully saturated rings. The molecule has 0 saturated carbocycles. The van der Waals surface area contributed by atoms with Gasteiger partial charge in [-0.15, -0.1) is 11.3 Å². The molecule has 0 saturated heterocycles. The monoisotopic (exact) mass is 340 g/mol. The van der Waals surface area contributed by atoms with Crippen molar-refractivity contribution in [3.8, 4) is 16.9 Å². The maximum Gasteiger partial charge on any atom is 0.198 e. The third-order valence-corrected chi connectivity index (χ3v) is 4.88. The van der Waals surface area contributed by atoms with Crippen molar-refractivity contribution < 1.29 is 9.84 Å². The van der Waals surface area contributed by atoms with Crippen molar-refractivity contribution >= 4 is 44.5 Å². The number of ether oxygens (including phenoxy) is 1. The van der Waals surface area contributed by atoms with Gasteiger partial charge in [-0.25, -0.2) is 0 Å². The molecule has 0 spiro atoms. The Morgan fingerprint density at radius 3 is 2.94 bits per heavy atom. The van der Waals surface area contributed by atoms with Crippen LogP contribution in [0.15, 0.2) is 28.7 Å². The Bertz CT molecular complexity index is 634. The molecule has 1 N–H and O–H groups in total. The van der Waals surface area contributed by atoms with Gasteiger partial charge in [-0.1, -0.05) is 15.9 Å². The van der Waals surface area contributed by atoms with Crippen molar-refractivity contribution in [2.75, 3.05) is 6.61 Å². The van der Waals surface area contributed by atoms with Crippen LogP contribution in [0.4, 0.5) is 0 Å². The summed E-state index contributed by atoms with van der Waals surface area (Å²) in [6.45, 7) is 0.653. The van der Waals surface area contributed by atoms with Gasteiger partial charge in [0.1, 0.15) is 5.75 Å². The van der Waals surface area contributed by atoms with Crippen molar-refractivity contribution in [2.24, 2.45) is 0 Å². The van der Waals surface area contributed by atoms with Gasteiger partial charge in [0, 0.05) is 26.9 Å². The number of thiophene rings is 1.